The number of amides is 3. The van der Waals surface area contributed by atoms with Gasteiger partial charge in [-0.2, -0.15) is 0 Å². The van der Waals surface area contributed by atoms with Gasteiger partial charge in [-0.15, -0.1) is 0 Å². The molecule has 0 fully saturated rings. The molecule has 8 heteroatoms. The van der Waals surface area contributed by atoms with E-state index < -0.39 is 0 Å². The van der Waals surface area contributed by atoms with Gasteiger partial charge in [-0.25, -0.2) is 4.79 Å². The number of nitrogens with one attached hydrogen (secondary N) is 3. The van der Waals surface area contributed by atoms with Crippen LogP contribution in [0.1, 0.15) is 6.42 Å². The monoisotopic (exact) mass is 469 g/mol. The zero-order valence-electron chi connectivity index (χ0n) is 13.4. The lowest BCUT2D eigenvalue weighted by Gasteiger charge is -2.10. The summed E-state index contributed by atoms with van der Waals surface area (Å²) in [6.07, 6.45) is 0.165. The molecule has 3 N–H and O–H groups in total. The highest BCUT2D eigenvalue weighted by Gasteiger charge is 2.07. The molecular formula is C17H17Br2N3O3. The van der Waals surface area contributed by atoms with E-state index in [4.69, 9.17) is 4.74 Å². The van der Waals surface area contributed by atoms with Gasteiger partial charge in [0, 0.05) is 27.6 Å². The van der Waals surface area contributed by atoms with Gasteiger partial charge in [-0.1, -0.05) is 15.9 Å². The van der Waals surface area contributed by atoms with E-state index in [1.165, 1.54) is 0 Å². The summed E-state index contributed by atoms with van der Waals surface area (Å²) in [7, 11) is 1.58. The Morgan fingerprint density at radius 2 is 1.76 bits per heavy atom. The third-order valence-corrected chi connectivity index (χ3v) is 4.34. The van der Waals surface area contributed by atoms with Crippen molar-refractivity contribution in [2.45, 2.75) is 6.42 Å². The van der Waals surface area contributed by atoms with Crippen molar-refractivity contribution >= 4 is 55.2 Å². The van der Waals surface area contributed by atoms with Crippen molar-refractivity contribution in [3.8, 4) is 5.75 Å². The van der Waals surface area contributed by atoms with E-state index in [1.54, 1.807) is 37.4 Å². The van der Waals surface area contributed by atoms with Crippen molar-refractivity contribution < 1.29 is 14.3 Å². The van der Waals surface area contributed by atoms with Crippen LogP contribution in [0, 0.1) is 0 Å². The van der Waals surface area contributed by atoms with Crippen LogP contribution in [-0.4, -0.2) is 25.6 Å². The number of hydrogen-bond donors (Lipinski definition) is 3. The standard InChI is InChI=1S/C17H17Br2N3O3/c1-25-13-5-3-12(4-6-13)21-17(24)20-9-8-16(23)22-15-7-2-11(18)10-14(15)19/h2-7,10H,8-9H2,1H3,(H,22,23)(H2,20,21,24). The molecule has 0 aromatic heterocycles. The summed E-state index contributed by atoms with van der Waals surface area (Å²) < 4.78 is 6.74. The van der Waals surface area contributed by atoms with Gasteiger partial charge >= 0.3 is 6.03 Å². The van der Waals surface area contributed by atoms with E-state index in [-0.39, 0.29) is 24.9 Å². The summed E-state index contributed by atoms with van der Waals surface area (Å²) >= 11 is 6.73. The van der Waals surface area contributed by atoms with Crippen LogP contribution < -0.4 is 20.7 Å². The van der Waals surface area contributed by atoms with Gasteiger partial charge in [0.15, 0.2) is 0 Å². The van der Waals surface area contributed by atoms with Crippen LogP contribution in [0.15, 0.2) is 51.4 Å². The Bertz CT molecular complexity index is 751. The Labute approximate surface area is 162 Å². The van der Waals surface area contributed by atoms with Crippen molar-refractivity contribution in [1.29, 1.82) is 0 Å². The molecule has 2 rings (SSSR count). The fourth-order valence-electron chi connectivity index (χ4n) is 1.94. The van der Waals surface area contributed by atoms with Crippen molar-refractivity contribution in [2.75, 3.05) is 24.3 Å². The maximum absolute atomic E-state index is 11.9. The van der Waals surface area contributed by atoms with Crippen LogP contribution in [0.5, 0.6) is 5.75 Å². The molecule has 0 heterocycles. The summed E-state index contributed by atoms with van der Waals surface area (Å²) in [6, 6.07) is 12.1. The molecule has 2 aromatic carbocycles. The summed E-state index contributed by atoms with van der Waals surface area (Å²) in [6.45, 7) is 0.224. The maximum atomic E-state index is 11.9. The minimum atomic E-state index is -0.372. The first kappa shape index (κ1) is 19.3. The lowest BCUT2D eigenvalue weighted by molar-refractivity contribution is -0.116. The summed E-state index contributed by atoms with van der Waals surface area (Å²) in [5.41, 5.74) is 1.32. The number of urea groups is 1. The van der Waals surface area contributed by atoms with Crippen LogP contribution in [0.25, 0.3) is 0 Å². The van der Waals surface area contributed by atoms with E-state index in [1.807, 2.05) is 12.1 Å². The predicted molar refractivity (Wildman–Crippen MR) is 105 cm³/mol. The molecule has 0 radical (unpaired) electrons. The SMILES string of the molecule is COc1ccc(NC(=O)NCCC(=O)Nc2ccc(Br)cc2Br)cc1. The second-order valence-corrected chi connectivity index (χ2v) is 6.80. The fourth-order valence-corrected chi connectivity index (χ4v) is 3.09. The third kappa shape index (κ3) is 6.39. The number of anilines is 2. The Morgan fingerprint density at radius 1 is 1.04 bits per heavy atom. The fraction of sp³-hybridized carbons (Fsp3) is 0.176. The van der Waals surface area contributed by atoms with Crippen LogP contribution in [-0.2, 0) is 4.79 Å². The number of rotatable bonds is 6. The summed E-state index contributed by atoms with van der Waals surface area (Å²) in [4.78, 5) is 23.7. The molecule has 25 heavy (non-hydrogen) atoms. The maximum Gasteiger partial charge on any atom is 0.319 e. The van der Waals surface area contributed by atoms with Gasteiger partial charge in [-0.05, 0) is 58.4 Å². The first-order valence-corrected chi connectivity index (χ1v) is 9.00. The molecule has 132 valence electrons. The molecule has 0 atom stereocenters. The minimum absolute atomic E-state index is 0.165. The average molecular weight is 471 g/mol. The number of carbonyl (C=O) groups is 2. The minimum Gasteiger partial charge on any atom is -0.497 e. The molecule has 0 unspecified atom stereocenters. The van der Waals surface area contributed by atoms with Gasteiger partial charge in [-0.3, -0.25) is 4.79 Å². The van der Waals surface area contributed by atoms with Gasteiger partial charge in [0.2, 0.25) is 5.91 Å². The summed E-state index contributed by atoms with van der Waals surface area (Å²) in [5, 5.41) is 8.10. The van der Waals surface area contributed by atoms with Gasteiger partial charge in [0.05, 0.1) is 12.8 Å². The van der Waals surface area contributed by atoms with Crippen LogP contribution >= 0.6 is 31.9 Å². The van der Waals surface area contributed by atoms with Gasteiger partial charge in [0.1, 0.15) is 5.75 Å². The van der Waals surface area contributed by atoms with Crippen LogP contribution in [0.4, 0.5) is 16.2 Å². The Kier molecular flexibility index (Phi) is 7.27. The Morgan fingerprint density at radius 3 is 2.40 bits per heavy atom. The molecule has 3 amide bonds. The highest BCUT2D eigenvalue weighted by atomic mass is 79.9. The Hall–Kier alpha value is -2.06. The zero-order valence-corrected chi connectivity index (χ0v) is 16.6. The van der Waals surface area contributed by atoms with Crippen LogP contribution in [0.3, 0.4) is 0 Å². The van der Waals surface area contributed by atoms with E-state index in [0.29, 0.717) is 17.1 Å². The average Bonchev–Trinajstić information content (AvgIpc) is 2.58. The molecular weight excluding hydrogens is 454 g/mol. The number of carbonyl (C=O) groups excluding carboxylic acids is 2. The predicted octanol–water partition coefficient (Wildman–Crippen LogP) is 4.37. The summed E-state index contributed by atoms with van der Waals surface area (Å²) in [5.74, 6) is 0.523. The third-order valence-electron chi connectivity index (χ3n) is 3.19. The van der Waals surface area contributed by atoms with E-state index in [2.05, 4.69) is 47.8 Å². The second-order valence-electron chi connectivity index (χ2n) is 5.03. The molecule has 0 bridgehead atoms. The molecule has 0 aliphatic heterocycles. The Balaban J connectivity index is 1.73. The number of ether oxygens (including phenoxy) is 1. The van der Waals surface area contributed by atoms with E-state index in [0.717, 1.165) is 8.95 Å². The normalized spacial score (nSPS) is 10.0. The quantitative estimate of drug-likeness (QED) is 0.586. The van der Waals surface area contributed by atoms with Gasteiger partial charge in [0.25, 0.3) is 0 Å². The molecule has 6 nitrogen and oxygen atoms in total. The lowest BCUT2D eigenvalue weighted by Crippen LogP contribution is -2.31. The van der Waals surface area contributed by atoms with Crippen molar-refractivity contribution in [1.82, 2.24) is 5.32 Å². The van der Waals surface area contributed by atoms with Gasteiger partial charge < -0.3 is 20.7 Å². The topological polar surface area (TPSA) is 79.5 Å². The molecule has 0 saturated heterocycles. The number of benzene rings is 2. The zero-order chi connectivity index (χ0) is 18.2. The van der Waals surface area contributed by atoms with Crippen molar-refractivity contribution in [3.63, 3.8) is 0 Å². The molecule has 0 aliphatic rings. The number of hydrogen-bond acceptors (Lipinski definition) is 3. The van der Waals surface area contributed by atoms with Crippen molar-refractivity contribution in [2.24, 2.45) is 0 Å². The van der Waals surface area contributed by atoms with E-state index >= 15 is 0 Å². The van der Waals surface area contributed by atoms with E-state index in [9.17, 15) is 9.59 Å². The number of halogens is 2. The molecule has 0 saturated carbocycles. The lowest BCUT2D eigenvalue weighted by atomic mass is 10.3. The largest absolute Gasteiger partial charge is 0.497 e. The molecule has 0 aliphatic carbocycles. The highest BCUT2D eigenvalue weighted by molar-refractivity contribution is 9.11. The van der Waals surface area contributed by atoms with Crippen LogP contribution in [0.2, 0.25) is 0 Å². The first-order valence-electron chi connectivity index (χ1n) is 7.42. The molecule has 0 spiro atoms. The molecule has 2 aromatic rings. The van der Waals surface area contributed by atoms with Crippen molar-refractivity contribution in [3.05, 3.63) is 51.4 Å². The first-order chi connectivity index (χ1) is 12.0. The highest BCUT2D eigenvalue weighted by Crippen LogP contribution is 2.26. The second kappa shape index (κ2) is 9.43. The number of methoxy groups -OCH3 is 1. The smallest absolute Gasteiger partial charge is 0.319 e.